The number of aromatic nitrogens is 5. The van der Waals surface area contributed by atoms with Gasteiger partial charge >= 0.3 is 6.09 Å². The summed E-state index contributed by atoms with van der Waals surface area (Å²) in [6, 6.07) is 1.81. The highest BCUT2D eigenvalue weighted by molar-refractivity contribution is 5.93. The normalized spacial score (nSPS) is 21.5. The van der Waals surface area contributed by atoms with Gasteiger partial charge in [-0.1, -0.05) is 12.1 Å². The van der Waals surface area contributed by atoms with E-state index < -0.39 is 5.60 Å². The number of rotatable bonds is 1. The van der Waals surface area contributed by atoms with Gasteiger partial charge in [-0.25, -0.2) is 14.3 Å². The highest BCUT2D eigenvalue weighted by Gasteiger charge is 2.36. The molecule has 1 amide bonds. The van der Waals surface area contributed by atoms with Crippen molar-refractivity contribution < 1.29 is 9.53 Å². The number of piperidine rings is 1. The molecule has 8 heteroatoms. The van der Waals surface area contributed by atoms with Crippen LogP contribution in [0.25, 0.3) is 16.6 Å². The molecule has 4 rings (SSSR count). The Morgan fingerprint density at radius 1 is 1.38 bits per heavy atom. The van der Waals surface area contributed by atoms with E-state index in [1.54, 1.807) is 15.7 Å². The molecule has 1 saturated heterocycles. The molecule has 0 aliphatic carbocycles. The van der Waals surface area contributed by atoms with Crippen molar-refractivity contribution in [3.63, 3.8) is 0 Å². The molecule has 1 N–H and O–H groups in total. The van der Waals surface area contributed by atoms with Crippen LogP contribution in [0.2, 0.25) is 0 Å². The summed E-state index contributed by atoms with van der Waals surface area (Å²) in [6.07, 6.45) is 4.99. The number of carbonyl (C=O) groups is 1. The number of nitrogens with one attached hydrogen (secondary N) is 1. The predicted octanol–water partition coefficient (Wildman–Crippen LogP) is 3.31. The van der Waals surface area contributed by atoms with Gasteiger partial charge in [0.2, 0.25) is 0 Å². The van der Waals surface area contributed by atoms with Crippen LogP contribution in [0.3, 0.4) is 0 Å². The van der Waals surface area contributed by atoms with Crippen LogP contribution in [0.1, 0.15) is 52.3 Å². The monoisotopic (exact) mass is 356 g/mol. The van der Waals surface area contributed by atoms with E-state index in [4.69, 9.17) is 4.74 Å². The Kier molecular flexibility index (Phi) is 3.86. The molecular weight excluding hydrogens is 332 g/mol. The predicted molar refractivity (Wildman–Crippen MR) is 96.7 cm³/mol. The van der Waals surface area contributed by atoms with Crippen molar-refractivity contribution >= 4 is 22.6 Å². The number of fused-ring (bicyclic) bond motifs is 3. The molecule has 2 unspecified atom stereocenters. The minimum Gasteiger partial charge on any atom is -0.444 e. The zero-order valence-corrected chi connectivity index (χ0v) is 15.6. The molecular formula is C18H24N6O2. The molecule has 0 aromatic carbocycles. The Hall–Kier alpha value is -2.64. The lowest BCUT2D eigenvalue weighted by molar-refractivity contribution is 0.00474. The van der Waals surface area contributed by atoms with E-state index >= 15 is 0 Å². The number of H-pyrrole nitrogens is 1. The maximum Gasteiger partial charge on any atom is 0.410 e. The number of amides is 1. The van der Waals surface area contributed by atoms with Crippen LogP contribution >= 0.6 is 0 Å². The fourth-order valence-corrected chi connectivity index (χ4v) is 3.58. The van der Waals surface area contributed by atoms with Crippen LogP contribution < -0.4 is 0 Å². The van der Waals surface area contributed by atoms with E-state index in [0.29, 0.717) is 12.5 Å². The van der Waals surface area contributed by atoms with E-state index in [1.807, 2.05) is 33.0 Å². The lowest BCUT2D eigenvalue weighted by Crippen LogP contribution is -2.43. The van der Waals surface area contributed by atoms with E-state index in [2.05, 4.69) is 27.2 Å². The summed E-state index contributed by atoms with van der Waals surface area (Å²) < 4.78 is 7.32. The van der Waals surface area contributed by atoms with Crippen LogP contribution in [-0.4, -0.2) is 47.9 Å². The van der Waals surface area contributed by atoms with Crippen LogP contribution in [-0.2, 0) is 4.74 Å². The Bertz CT molecular complexity index is 954. The fraction of sp³-hybridized carbons (Fsp3) is 0.556. The Morgan fingerprint density at radius 2 is 2.19 bits per heavy atom. The fourth-order valence-electron chi connectivity index (χ4n) is 3.58. The summed E-state index contributed by atoms with van der Waals surface area (Å²) in [6.45, 7) is 8.51. The maximum atomic E-state index is 12.8. The minimum atomic E-state index is -0.531. The molecule has 3 aromatic heterocycles. The first kappa shape index (κ1) is 16.8. The second-order valence-corrected chi connectivity index (χ2v) is 8.07. The molecule has 0 radical (unpaired) electrons. The number of nitrogens with zero attached hydrogens (tertiary/aromatic N) is 5. The van der Waals surface area contributed by atoms with Gasteiger partial charge < -0.3 is 9.72 Å². The summed E-state index contributed by atoms with van der Waals surface area (Å²) in [7, 11) is 0. The van der Waals surface area contributed by atoms with Crippen molar-refractivity contribution in [3.8, 4) is 0 Å². The molecule has 8 nitrogen and oxygen atoms in total. The quantitative estimate of drug-likeness (QED) is 0.722. The van der Waals surface area contributed by atoms with E-state index in [-0.39, 0.29) is 12.1 Å². The van der Waals surface area contributed by atoms with E-state index in [1.165, 1.54) is 0 Å². The topological polar surface area (TPSA) is 88.4 Å². The van der Waals surface area contributed by atoms with Gasteiger partial charge in [-0.15, -0.1) is 5.10 Å². The van der Waals surface area contributed by atoms with Crippen molar-refractivity contribution in [1.29, 1.82) is 0 Å². The summed E-state index contributed by atoms with van der Waals surface area (Å²) >= 11 is 0. The number of hydrogen-bond acceptors (Lipinski definition) is 5. The molecule has 1 aliphatic rings. The van der Waals surface area contributed by atoms with Gasteiger partial charge in [-0.2, -0.15) is 0 Å². The Morgan fingerprint density at radius 3 is 2.96 bits per heavy atom. The molecule has 2 atom stereocenters. The van der Waals surface area contributed by atoms with Crippen molar-refractivity contribution in [1.82, 2.24) is 29.7 Å². The SMILES string of the molecule is CC1CCN(C(=O)OC(C)(C)C)C(c2nnn3cnc4[nH]ccc4c23)C1. The maximum absolute atomic E-state index is 12.8. The number of hydrogen-bond donors (Lipinski definition) is 1. The second kappa shape index (κ2) is 5.96. The lowest BCUT2D eigenvalue weighted by atomic mass is 9.90. The summed E-state index contributed by atoms with van der Waals surface area (Å²) in [5, 5.41) is 9.60. The third-order valence-corrected chi connectivity index (χ3v) is 4.81. The molecule has 1 aliphatic heterocycles. The van der Waals surface area contributed by atoms with Gasteiger partial charge in [0.25, 0.3) is 0 Å². The zero-order valence-electron chi connectivity index (χ0n) is 15.6. The molecule has 138 valence electrons. The van der Waals surface area contributed by atoms with Crippen LogP contribution in [0.4, 0.5) is 4.79 Å². The van der Waals surface area contributed by atoms with Gasteiger partial charge in [0.1, 0.15) is 28.8 Å². The Balaban J connectivity index is 1.79. The third kappa shape index (κ3) is 2.89. The van der Waals surface area contributed by atoms with Crippen LogP contribution in [0, 0.1) is 5.92 Å². The first-order valence-corrected chi connectivity index (χ1v) is 9.00. The first-order chi connectivity index (χ1) is 12.3. The Labute approximate surface area is 151 Å². The van der Waals surface area contributed by atoms with Gasteiger partial charge in [-0.05, 0) is 45.6 Å². The van der Waals surface area contributed by atoms with Crippen LogP contribution in [0.5, 0.6) is 0 Å². The zero-order chi connectivity index (χ0) is 18.5. The largest absolute Gasteiger partial charge is 0.444 e. The summed E-state index contributed by atoms with van der Waals surface area (Å²) in [5.41, 5.74) is 1.95. The molecule has 4 heterocycles. The van der Waals surface area contributed by atoms with Crippen molar-refractivity contribution in [2.75, 3.05) is 6.54 Å². The number of ether oxygens (including phenoxy) is 1. The van der Waals surface area contributed by atoms with Crippen molar-refractivity contribution in [3.05, 3.63) is 24.3 Å². The van der Waals surface area contributed by atoms with Gasteiger partial charge in [-0.3, -0.25) is 4.90 Å². The summed E-state index contributed by atoms with van der Waals surface area (Å²) in [5.74, 6) is 0.499. The van der Waals surface area contributed by atoms with E-state index in [0.717, 1.165) is 35.1 Å². The average Bonchev–Trinajstić information content (AvgIpc) is 3.18. The van der Waals surface area contributed by atoms with Crippen molar-refractivity contribution in [2.45, 2.75) is 52.2 Å². The molecule has 0 saturated carbocycles. The average molecular weight is 356 g/mol. The number of carbonyl (C=O) groups excluding carboxylic acids is 1. The second-order valence-electron chi connectivity index (χ2n) is 8.07. The molecule has 0 spiro atoms. The molecule has 0 bridgehead atoms. The minimum absolute atomic E-state index is 0.161. The molecule has 3 aromatic rings. The van der Waals surface area contributed by atoms with Gasteiger partial charge in [0.05, 0.1) is 6.04 Å². The van der Waals surface area contributed by atoms with Crippen molar-refractivity contribution in [2.24, 2.45) is 5.92 Å². The molecule has 1 fully saturated rings. The highest BCUT2D eigenvalue weighted by atomic mass is 16.6. The highest BCUT2D eigenvalue weighted by Crippen LogP contribution is 2.37. The van der Waals surface area contributed by atoms with E-state index in [9.17, 15) is 4.79 Å². The third-order valence-electron chi connectivity index (χ3n) is 4.81. The smallest absolute Gasteiger partial charge is 0.410 e. The lowest BCUT2D eigenvalue weighted by Gasteiger charge is -2.38. The van der Waals surface area contributed by atoms with Gasteiger partial charge in [0, 0.05) is 18.1 Å². The van der Waals surface area contributed by atoms with Crippen LogP contribution in [0.15, 0.2) is 18.6 Å². The number of likely N-dealkylation sites (tertiary alicyclic amines) is 1. The molecule has 26 heavy (non-hydrogen) atoms. The summed E-state index contributed by atoms with van der Waals surface area (Å²) in [4.78, 5) is 22.1. The standard InChI is InChI=1S/C18H24N6O2/c1-11-6-8-23(17(25)26-18(2,3)4)13(9-11)14-15-12-5-7-19-16(12)20-10-24(15)22-21-14/h5,7,10-11,13,19H,6,8-9H2,1-4H3. The van der Waals surface area contributed by atoms with Gasteiger partial charge in [0.15, 0.2) is 0 Å². The first-order valence-electron chi connectivity index (χ1n) is 9.00. The number of aromatic amines is 1.